The summed E-state index contributed by atoms with van der Waals surface area (Å²) in [5.41, 5.74) is 3.60. The molecule has 3 aromatic rings. The topological polar surface area (TPSA) is 74.8 Å². The molecule has 1 atom stereocenters. The van der Waals surface area contributed by atoms with Crippen molar-refractivity contribution in [3.05, 3.63) is 52.6 Å². The van der Waals surface area contributed by atoms with Crippen molar-refractivity contribution in [1.82, 2.24) is 24.8 Å². The molecule has 0 radical (unpaired) electrons. The minimum atomic E-state index is -0.262. The summed E-state index contributed by atoms with van der Waals surface area (Å²) in [5.74, 6) is -0.0570. The average Bonchev–Trinajstić information content (AvgIpc) is 3.44. The lowest BCUT2D eigenvalue weighted by Gasteiger charge is -2.11. The van der Waals surface area contributed by atoms with Crippen LogP contribution in [0.2, 0.25) is 0 Å². The number of ketones is 1. The van der Waals surface area contributed by atoms with Gasteiger partial charge in [-0.25, -0.2) is 9.07 Å². The van der Waals surface area contributed by atoms with Crippen LogP contribution in [0.5, 0.6) is 0 Å². The number of nitrogens with zero attached hydrogens (tertiary/aromatic N) is 5. The van der Waals surface area contributed by atoms with Crippen molar-refractivity contribution in [2.45, 2.75) is 51.4 Å². The highest BCUT2D eigenvalue weighted by molar-refractivity contribution is 7.99. The second kappa shape index (κ2) is 8.69. The maximum atomic E-state index is 14.0. The Kier molecular flexibility index (Phi) is 6.01. The maximum absolute atomic E-state index is 14.0. The number of halogens is 1. The molecule has 0 N–H and O–H groups in total. The van der Waals surface area contributed by atoms with E-state index in [-0.39, 0.29) is 23.5 Å². The molecule has 1 aromatic carbocycles. The summed E-state index contributed by atoms with van der Waals surface area (Å²) in [7, 11) is 0. The first-order valence-corrected chi connectivity index (χ1v) is 10.9. The second-order valence-electron chi connectivity index (χ2n) is 7.54. The van der Waals surface area contributed by atoms with E-state index in [0.29, 0.717) is 28.5 Å². The van der Waals surface area contributed by atoms with Gasteiger partial charge in [0.1, 0.15) is 5.82 Å². The van der Waals surface area contributed by atoms with Gasteiger partial charge in [-0.3, -0.25) is 4.79 Å². The number of carbonyl (C=O) groups is 1. The van der Waals surface area contributed by atoms with E-state index < -0.39 is 0 Å². The second-order valence-corrected chi connectivity index (χ2v) is 8.49. The Hall–Kier alpha value is -2.52. The molecule has 0 bridgehead atoms. The van der Waals surface area contributed by atoms with Gasteiger partial charge in [0, 0.05) is 29.2 Å². The van der Waals surface area contributed by atoms with E-state index >= 15 is 0 Å². The van der Waals surface area contributed by atoms with Crippen LogP contribution >= 0.6 is 11.8 Å². The summed E-state index contributed by atoms with van der Waals surface area (Å²) in [5, 5.41) is 12.4. The lowest BCUT2D eigenvalue weighted by molar-refractivity contribution is 0.0912. The Labute approximate surface area is 178 Å². The highest BCUT2D eigenvalue weighted by atomic mass is 32.2. The van der Waals surface area contributed by atoms with Crippen molar-refractivity contribution in [3.63, 3.8) is 0 Å². The van der Waals surface area contributed by atoms with Crippen molar-refractivity contribution in [3.8, 4) is 5.69 Å². The number of hydrogen-bond acceptors (Lipinski definition) is 6. The number of thioether (sulfide) groups is 1. The molecule has 30 heavy (non-hydrogen) atoms. The number of tetrazole rings is 1. The minimum Gasteiger partial charge on any atom is -0.376 e. The lowest BCUT2D eigenvalue weighted by atomic mass is 10.2. The molecular formula is C21H24FN5O2S. The number of aryl methyl sites for hydroxylation is 2. The lowest BCUT2D eigenvalue weighted by Crippen LogP contribution is -2.17. The number of hydrogen-bond donors (Lipinski definition) is 0. The van der Waals surface area contributed by atoms with Gasteiger partial charge in [-0.05, 0) is 67.8 Å². The number of carbonyl (C=O) groups excluding carboxylic acids is 1. The van der Waals surface area contributed by atoms with Gasteiger partial charge in [0.2, 0.25) is 5.16 Å². The van der Waals surface area contributed by atoms with Crippen LogP contribution in [-0.4, -0.2) is 49.0 Å². The zero-order valence-corrected chi connectivity index (χ0v) is 18.1. The molecule has 1 aliphatic heterocycles. The van der Waals surface area contributed by atoms with Crippen LogP contribution in [-0.2, 0) is 11.3 Å². The summed E-state index contributed by atoms with van der Waals surface area (Å²) >= 11 is 1.32. The van der Waals surface area contributed by atoms with Gasteiger partial charge in [0.05, 0.1) is 18.4 Å². The van der Waals surface area contributed by atoms with Crippen molar-refractivity contribution < 1.29 is 13.9 Å². The molecule has 2 aromatic heterocycles. The van der Waals surface area contributed by atoms with E-state index in [1.54, 1.807) is 17.7 Å². The Balaban J connectivity index is 1.48. The van der Waals surface area contributed by atoms with Crippen molar-refractivity contribution >= 4 is 17.5 Å². The summed E-state index contributed by atoms with van der Waals surface area (Å²) in [6, 6.07) is 6.96. The van der Waals surface area contributed by atoms with Gasteiger partial charge in [0.25, 0.3) is 0 Å². The summed E-state index contributed by atoms with van der Waals surface area (Å²) in [4.78, 5) is 12.9. The van der Waals surface area contributed by atoms with Gasteiger partial charge in [-0.1, -0.05) is 17.8 Å². The molecule has 4 rings (SSSR count). The number of aromatic nitrogens is 5. The third kappa shape index (κ3) is 4.17. The molecule has 0 unspecified atom stereocenters. The van der Waals surface area contributed by atoms with Gasteiger partial charge in [-0.15, -0.1) is 5.10 Å². The molecule has 7 nitrogen and oxygen atoms in total. The Morgan fingerprint density at radius 2 is 2.13 bits per heavy atom. The molecule has 0 aliphatic carbocycles. The zero-order valence-electron chi connectivity index (χ0n) is 17.3. The van der Waals surface area contributed by atoms with Crippen molar-refractivity contribution in [1.29, 1.82) is 0 Å². The van der Waals surface area contributed by atoms with E-state index in [2.05, 4.69) is 15.5 Å². The monoisotopic (exact) mass is 429 g/mol. The van der Waals surface area contributed by atoms with Crippen LogP contribution in [0.1, 0.15) is 40.2 Å². The first-order chi connectivity index (χ1) is 14.4. The summed E-state index contributed by atoms with van der Waals surface area (Å²) < 4.78 is 23.3. The van der Waals surface area contributed by atoms with Gasteiger partial charge < -0.3 is 9.30 Å². The summed E-state index contributed by atoms with van der Waals surface area (Å²) in [6.45, 7) is 6.89. The predicted octanol–water partition coefficient (Wildman–Crippen LogP) is 3.68. The highest BCUT2D eigenvalue weighted by Crippen LogP contribution is 2.25. The van der Waals surface area contributed by atoms with Crippen LogP contribution in [0.15, 0.2) is 29.4 Å². The normalized spacial score (nSPS) is 16.3. The first-order valence-electron chi connectivity index (χ1n) is 9.93. The number of ether oxygens (including phenoxy) is 1. The molecule has 3 heterocycles. The SMILES string of the molecule is Cc1ccc(-n2c(C)cc(C(=O)CSc3nnnn3C[C@H]3CCCO3)c2C)cc1F. The highest BCUT2D eigenvalue weighted by Gasteiger charge is 2.21. The van der Waals surface area contributed by atoms with Crippen LogP contribution < -0.4 is 0 Å². The maximum Gasteiger partial charge on any atom is 0.209 e. The Morgan fingerprint density at radius 1 is 1.30 bits per heavy atom. The van der Waals surface area contributed by atoms with Crippen LogP contribution in [0.4, 0.5) is 4.39 Å². The molecule has 1 fully saturated rings. The number of rotatable bonds is 7. The third-order valence-electron chi connectivity index (χ3n) is 5.38. The molecule has 1 aliphatic rings. The molecule has 0 amide bonds. The van der Waals surface area contributed by atoms with Crippen molar-refractivity contribution in [2.24, 2.45) is 0 Å². The number of benzene rings is 1. The fraction of sp³-hybridized carbons (Fsp3) is 0.429. The van der Waals surface area contributed by atoms with Gasteiger partial charge in [0.15, 0.2) is 5.78 Å². The quantitative estimate of drug-likeness (QED) is 0.421. The van der Waals surface area contributed by atoms with Crippen LogP contribution in [0, 0.1) is 26.6 Å². The molecular weight excluding hydrogens is 405 g/mol. The first kappa shape index (κ1) is 20.7. The average molecular weight is 430 g/mol. The Bertz CT molecular complexity index is 1070. The van der Waals surface area contributed by atoms with Crippen LogP contribution in [0.25, 0.3) is 5.69 Å². The number of Topliss-reactive ketones (excluding diaryl/α,β-unsaturated/α-hetero) is 1. The molecule has 158 valence electrons. The summed E-state index contributed by atoms with van der Waals surface area (Å²) in [6.07, 6.45) is 2.17. The van der Waals surface area contributed by atoms with E-state index in [1.807, 2.05) is 30.5 Å². The molecule has 0 saturated carbocycles. The van der Waals surface area contributed by atoms with E-state index in [9.17, 15) is 9.18 Å². The standard InChI is InChI=1S/C21H24FN5O2S/c1-13-6-7-16(10-19(13)22)27-14(2)9-18(15(27)3)20(28)12-30-21-23-24-25-26(21)11-17-5-4-8-29-17/h6-7,9-10,17H,4-5,8,11-12H2,1-3H3/t17-/m1/s1. The van der Waals surface area contributed by atoms with Gasteiger partial charge in [-0.2, -0.15) is 0 Å². The predicted molar refractivity (Wildman–Crippen MR) is 112 cm³/mol. The largest absolute Gasteiger partial charge is 0.376 e. The molecule has 1 saturated heterocycles. The minimum absolute atomic E-state index is 0.0152. The fourth-order valence-corrected chi connectivity index (χ4v) is 4.54. The van der Waals surface area contributed by atoms with E-state index in [4.69, 9.17) is 4.74 Å². The van der Waals surface area contributed by atoms with E-state index in [1.165, 1.54) is 17.8 Å². The zero-order chi connectivity index (χ0) is 21.3. The molecule has 0 spiro atoms. The van der Waals surface area contributed by atoms with Crippen molar-refractivity contribution in [2.75, 3.05) is 12.4 Å². The fourth-order valence-electron chi connectivity index (χ4n) is 3.77. The van der Waals surface area contributed by atoms with Gasteiger partial charge >= 0.3 is 0 Å². The Morgan fingerprint density at radius 3 is 2.87 bits per heavy atom. The smallest absolute Gasteiger partial charge is 0.209 e. The third-order valence-corrected chi connectivity index (χ3v) is 6.33. The van der Waals surface area contributed by atoms with Crippen LogP contribution in [0.3, 0.4) is 0 Å². The molecule has 9 heteroatoms. The van der Waals surface area contributed by atoms with E-state index in [0.717, 1.165) is 30.8 Å².